The summed E-state index contributed by atoms with van der Waals surface area (Å²) in [4.78, 5) is 0. The molecule has 1 N–H and O–H groups in total. The van der Waals surface area contributed by atoms with Crippen LogP contribution >= 0.6 is 0 Å². The maximum Gasteiger partial charge on any atom is 0.0521 e. The first-order valence-electron chi connectivity index (χ1n) is 6.05. The Balaban J connectivity index is 1.58. The predicted molar refractivity (Wildman–Crippen MR) is 61.8 cm³/mol. The van der Waals surface area contributed by atoms with Crippen molar-refractivity contribution in [3.8, 4) is 0 Å². The lowest BCUT2D eigenvalue weighted by atomic mass is 10.2. The molecule has 0 atom stereocenters. The van der Waals surface area contributed by atoms with Gasteiger partial charge in [-0.25, -0.2) is 0 Å². The van der Waals surface area contributed by atoms with Gasteiger partial charge < -0.3 is 5.32 Å². The fourth-order valence-corrected chi connectivity index (χ4v) is 2.33. The summed E-state index contributed by atoms with van der Waals surface area (Å²) >= 11 is 0. The second kappa shape index (κ2) is 5.31. The van der Waals surface area contributed by atoms with Crippen LogP contribution in [0.25, 0.3) is 0 Å². The fraction of sp³-hybridized carbons (Fsp3) is 0.750. The molecule has 1 heterocycles. The first-order valence-corrected chi connectivity index (χ1v) is 6.05. The van der Waals surface area contributed by atoms with E-state index in [0.717, 1.165) is 19.0 Å². The molecule has 1 fully saturated rings. The van der Waals surface area contributed by atoms with Gasteiger partial charge in [-0.05, 0) is 37.8 Å². The third-order valence-corrected chi connectivity index (χ3v) is 3.19. The Bertz CT molecular complexity index is 287. The van der Waals surface area contributed by atoms with Crippen molar-refractivity contribution < 1.29 is 0 Å². The molecule has 84 valence electrons. The van der Waals surface area contributed by atoms with Crippen LogP contribution in [0.2, 0.25) is 0 Å². The SMILES string of the molecule is Cn1cc(CCCNC2CCCC2)cn1. The Kier molecular flexibility index (Phi) is 3.78. The third kappa shape index (κ3) is 3.34. The van der Waals surface area contributed by atoms with Crippen LogP contribution in [-0.2, 0) is 13.5 Å². The molecule has 0 spiro atoms. The van der Waals surface area contributed by atoms with Gasteiger partial charge in [0.15, 0.2) is 0 Å². The van der Waals surface area contributed by atoms with E-state index in [-0.39, 0.29) is 0 Å². The van der Waals surface area contributed by atoms with Gasteiger partial charge in [0, 0.05) is 19.3 Å². The highest BCUT2D eigenvalue weighted by atomic mass is 15.2. The molecule has 1 aliphatic rings. The maximum absolute atomic E-state index is 4.17. The molecule has 0 radical (unpaired) electrons. The number of aromatic nitrogens is 2. The van der Waals surface area contributed by atoms with Gasteiger partial charge in [-0.2, -0.15) is 5.10 Å². The van der Waals surface area contributed by atoms with Crippen LogP contribution < -0.4 is 5.32 Å². The van der Waals surface area contributed by atoms with Crippen molar-refractivity contribution in [3.63, 3.8) is 0 Å². The molecule has 15 heavy (non-hydrogen) atoms. The van der Waals surface area contributed by atoms with Crippen molar-refractivity contribution in [1.82, 2.24) is 15.1 Å². The second-order valence-electron chi connectivity index (χ2n) is 4.56. The predicted octanol–water partition coefficient (Wildman–Crippen LogP) is 1.88. The lowest BCUT2D eigenvalue weighted by Crippen LogP contribution is -2.27. The average Bonchev–Trinajstić information content (AvgIpc) is 2.84. The average molecular weight is 207 g/mol. The van der Waals surface area contributed by atoms with E-state index >= 15 is 0 Å². The summed E-state index contributed by atoms with van der Waals surface area (Å²) in [5, 5.41) is 7.80. The van der Waals surface area contributed by atoms with Crippen LogP contribution in [-0.4, -0.2) is 22.4 Å². The van der Waals surface area contributed by atoms with Crippen LogP contribution in [0, 0.1) is 0 Å². The summed E-state index contributed by atoms with van der Waals surface area (Å²) in [5.74, 6) is 0. The molecule has 0 aromatic carbocycles. The molecular formula is C12H21N3. The lowest BCUT2D eigenvalue weighted by molar-refractivity contribution is 0.515. The third-order valence-electron chi connectivity index (χ3n) is 3.19. The topological polar surface area (TPSA) is 29.9 Å². The maximum atomic E-state index is 4.17. The highest BCUT2D eigenvalue weighted by Crippen LogP contribution is 2.17. The summed E-state index contributed by atoms with van der Waals surface area (Å²) < 4.78 is 1.87. The molecule has 0 unspecified atom stereocenters. The van der Waals surface area contributed by atoms with E-state index in [1.54, 1.807) is 0 Å². The van der Waals surface area contributed by atoms with Gasteiger partial charge >= 0.3 is 0 Å². The molecule has 3 heteroatoms. The smallest absolute Gasteiger partial charge is 0.0521 e. The monoisotopic (exact) mass is 207 g/mol. The van der Waals surface area contributed by atoms with Crippen molar-refractivity contribution in [2.24, 2.45) is 7.05 Å². The molecule has 1 aromatic rings. The highest BCUT2D eigenvalue weighted by Gasteiger charge is 2.13. The van der Waals surface area contributed by atoms with E-state index < -0.39 is 0 Å². The summed E-state index contributed by atoms with van der Waals surface area (Å²) in [5.41, 5.74) is 1.35. The number of hydrogen-bond acceptors (Lipinski definition) is 2. The van der Waals surface area contributed by atoms with Crippen molar-refractivity contribution in [2.45, 2.75) is 44.6 Å². The zero-order valence-corrected chi connectivity index (χ0v) is 9.58. The zero-order valence-electron chi connectivity index (χ0n) is 9.58. The molecule has 2 rings (SSSR count). The van der Waals surface area contributed by atoms with Gasteiger partial charge in [0.25, 0.3) is 0 Å². The number of rotatable bonds is 5. The van der Waals surface area contributed by atoms with Gasteiger partial charge in [-0.15, -0.1) is 0 Å². The molecule has 0 bridgehead atoms. The molecule has 0 saturated heterocycles. The Labute approximate surface area is 91.9 Å². The van der Waals surface area contributed by atoms with Gasteiger partial charge in [-0.1, -0.05) is 12.8 Å². The van der Waals surface area contributed by atoms with Gasteiger partial charge in [0.05, 0.1) is 6.20 Å². The first kappa shape index (κ1) is 10.7. The molecule has 0 amide bonds. The van der Waals surface area contributed by atoms with Gasteiger partial charge in [0.1, 0.15) is 0 Å². The summed E-state index contributed by atoms with van der Waals surface area (Å²) in [7, 11) is 1.97. The Morgan fingerprint density at radius 2 is 2.27 bits per heavy atom. The van der Waals surface area contributed by atoms with Crippen LogP contribution in [0.3, 0.4) is 0 Å². The normalized spacial score (nSPS) is 17.4. The van der Waals surface area contributed by atoms with Crippen LogP contribution in [0.15, 0.2) is 12.4 Å². The van der Waals surface area contributed by atoms with Crippen LogP contribution in [0.5, 0.6) is 0 Å². The van der Waals surface area contributed by atoms with Crippen LogP contribution in [0.1, 0.15) is 37.7 Å². The summed E-state index contributed by atoms with van der Waals surface area (Å²) in [6, 6.07) is 0.805. The molecule has 0 aliphatic heterocycles. The van der Waals surface area contributed by atoms with E-state index in [2.05, 4.69) is 16.6 Å². The van der Waals surface area contributed by atoms with Gasteiger partial charge in [0.2, 0.25) is 0 Å². The Hall–Kier alpha value is -0.830. The van der Waals surface area contributed by atoms with Gasteiger partial charge in [-0.3, -0.25) is 4.68 Å². The minimum atomic E-state index is 0.805. The van der Waals surface area contributed by atoms with E-state index in [1.165, 1.54) is 37.7 Å². The Morgan fingerprint density at radius 1 is 1.47 bits per heavy atom. The quantitative estimate of drug-likeness (QED) is 0.747. The molecule has 1 aliphatic carbocycles. The minimum Gasteiger partial charge on any atom is -0.314 e. The lowest BCUT2D eigenvalue weighted by Gasteiger charge is -2.10. The van der Waals surface area contributed by atoms with E-state index in [1.807, 2.05) is 17.9 Å². The van der Waals surface area contributed by atoms with Crippen molar-refractivity contribution >= 4 is 0 Å². The first-order chi connectivity index (χ1) is 7.34. The summed E-state index contributed by atoms with van der Waals surface area (Å²) in [6.45, 7) is 1.15. The van der Waals surface area contributed by atoms with E-state index in [0.29, 0.717) is 0 Å². The molecular weight excluding hydrogens is 186 g/mol. The van der Waals surface area contributed by atoms with E-state index in [9.17, 15) is 0 Å². The molecule has 1 aromatic heterocycles. The zero-order chi connectivity index (χ0) is 10.5. The minimum absolute atomic E-state index is 0.805. The van der Waals surface area contributed by atoms with Crippen molar-refractivity contribution in [1.29, 1.82) is 0 Å². The fourth-order valence-electron chi connectivity index (χ4n) is 2.33. The Morgan fingerprint density at radius 3 is 2.93 bits per heavy atom. The highest BCUT2D eigenvalue weighted by molar-refractivity contribution is 5.03. The number of nitrogens with one attached hydrogen (secondary N) is 1. The largest absolute Gasteiger partial charge is 0.314 e. The molecule has 3 nitrogen and oxygen atoms in total. The number of nitrogens with zero attached hydrogens (tertiary/aromatic N) is 2. The summed E-state index contributed by atoms with van der Waals surface area (Å²) in [6.07, 6.45) is 12.0. The standard InChI is InChI=1S/C12H21N3/c1-15-10-11(9-14-15)5-4-8-13-12-6-2-3-7-12/h9-10,12-13H,2-8H2,1H3. The van der Waals surface area contributed by atoms with Crippen molar-refractivity contribution in [3.05, 3.63) is 18.0 Å². The van der Waals surface area contributed by atoms with Crippen molar-refractivity contribution in [2.75, 3.05) is 6.54 Å². The molecule has 1 saturated carbocycles. The van der Waals surface area contributed by atoms with E-state index in [4.69, 9.17) is 0 Å². The number of aryl methyl sites for hydroxylation is 2. The number of hydrogen-bond donors (Lipinski definition) is 1. The van der Waals surface area contributed by atoms with Crippen LogP contribution in [0.4, 0.5) is 0 Å². The second-order valence-corrected chi connectivity index (χ2v) is 4.56.